The number of carbonyl (C=O) groups excluding carboxylic acids is 1. The lowest BCUT2D eigenvalue weighted by atomic mass is 10.2. The molecule has 2 heterocycles. The van der Waals surface area contributed by atoms with Crippen LogP contribution in [0.15, 0.2) is 46.5 Å². The summed E-state index contributed by atoms with van der Waals surface area (Å²) < 4.78 is 1.85. The molecule has 1 aliphatic heterocycles. The second kappa shape index (κ2) is 8.20. The Labute approximate surface area is 151 Å². The molecule has 0 unspecified atom stereocenters. The molecule has 1 fully saturated rings. The molecule has 25 heavy (non-hydrogen) atoms. The van der Waals surface area contributed by atoms with Gasteiger partial charge < -0.3 is 14.8 Å². The lowest BCUT2D eigenvalue weighted by Gasteiger charge is -2.17. The van der Waals surface area contributed by atoms with Crippen molar-refractivity contribution in [2.45, 2.75) is 31.5 Å². The SMILES string of the molecule is CCn1ccc(=O)nc1SCC(=O)Nc1ccc(N2CCCC2)cc1. The molecular formula is C18H22N4O2S. The number of carbonyl (C=O) groups is 1. The number of aryl methyl sites for hydroxylation is 1. The Bertz CT molecular complexity index is 782. The molecule has 1 N–H and O–H groups in total. The molecular weight excluding hydrogens is 336 g/mol. The van der Waals surface area contributed by atoms with Crippen molar-refractivity contribution in [3.8, 4) is 0 Å². The van der Waals surface area contributed by atoms with Crippen LogP contribution in [-0.4, -0.2) is 34.3 Å². The standard InChI is InChI=1S/C18H22N4O2S/c1-2-21-12-9-16(23)20-18(21)25-13-17(24)19-14-5-7-15(8-6-14)22-10-3-4-11-22/h5-9,12H,2-4,10-11,13H2,1H3,(H,19,24). The van der Waals surface area contributed by atoms with E-state index in [2.05, 4.69) is 15.2 Å². The van der Waals surface area contributed by atoms with E-state index in [4.69, 9.17) is 0 Å². The number of anilines is 2. The second-order valence-corrected chi connectivity index (χ2v) is 6.85. The van der Waals surface area contributed by atoms with Gasteiger partial charge in [0.1, 0.15) is 0 Å². The molecule has 0 radical (unpaired) electrons. The summed E-state index contributed by atoms with van der Waals surface area (Å²) in [5.41, 5.74) is 1.69. The predicted octanol–water partition coefficient (Wildman–Crippen LogP) is 2.59. The smallest absolute Gasteiger partial charge is 0.273 e. The van der Waals surface area contributed by atoms with Crippen LogP contribution in [0.2, 0.25) is 0 Å². The van der Waals surface area contributed by atoms with Gasteiger partial charge in [0.05, 0.1) is 5.75 Å². The van der Waals surface area contributed by atoms with Crippen LogP contribution < -0.4 is 15.8 Å². The number of nitrogens with zero attached hydrogens (tertiary/aromatic N) is 3. The highest BCUT2D eigenvalue weighted by molar-refractivity contribution is 7.99. The Balaban J connectivity index is 1.55. The quantitative estimate of drug-likeness (QED) is 0.635. The lowest BCUT2D eigenvalue weighted by Crippen LogP contribution is -2.18. The second-order valence-electron chi connectivity index (χ2n) is 5.91. The topological polar surface area (TPSA) is 67.2 Å². The molecule has 1 aromatic carbocycles. The molecule has 1 amide bonds. The fourth-order valence-corrected chi connectivity index (χ4v) is 3.67. The molecule has 1 aromatic heterocycles. The van der Waals surface area contributed by atoms with Crippen molar-refractivity contribution in [1.29, 1.82) is 0 Å². The summed E-state index contributed by atoms with van der Waals surface area (Å²) in [7, 11) is 0. The molecule has 132 valence electrons. The van der Waals surface area contributed by atoms with E-state index in [9.17, 15) is 9.59 Å². The monoisotopic (exact) mass is 358 g/mol. The van der Waals surface area contributed by atoms with Gasteiger partial charge in [-0.2, -0.15) is 4.98 Å². The first-order chi connectivity index (χ1) is 12.2. The number of hydrogen-bond acceptors (Lipinski definition) is 5. The van der Waals surface area contributed by atoms with Crippen LogP contribution in [0.25, 0.3) is 0 Å². The highest BCUT2D eigenvalue weighted by Gasteiger charge is 2.12. The van der Waals surface area contributed by atoms with Crippen LogP contribution in [-0.2, 0) is 11.3 Å². The van der Waals surface area contributed by atoms with E-state index in [1.165, 1.54) is 36.4 Å². The molecule has 2 aromatic rings. The van der Waals surface area contributed by atoms with E-state index >= 15 is 0 Å². The van der Waals surface area contributed by atoms with Crippen LogP contribution in [0.4, 0.5) is 11.4 Å². The van der Waals surface area contributed by atoms with Crippen LogP contribution in [0.3, 0.4) is 0 Å². The van der Waals surface area contributed by atoms with Crippen molar-refractivity contribution in [3.63, 3.8) is 0 Å². The zero-order valence-corrected chi connectivity index (χ0v) is 15.1. The normalized spacial score (nSPS) is 13.9. The molecule has 0 bridgehead atoms. The molecule has 1 aliphatic rings. The summed E-state index contributed by atoms with van der Waals surface area (Å²) in [4.78, 5) is 29.9. The van der Waals surface area contributed by atoms with Crippen molar-refractivity contribution in [3.05, 3.63) is 46.9 Å². The number of benzene rings is 1. The Morgan fingerprint density at radius 1 is 1.20 bits per heavy atom. The van der Waals surface area contributed by atoms with Crippen molar-refractivity contribution < 1.29 is 4.79 Å². The summed E-state index contributed by atoms with van der Waals surface area (Å²) in [5, 5.41) is 3.45. The van der Waals surface area contributed by atoms with E-state index in [1.54, 1.807) is 6.20 Å². The average Bonchev–Trinajstić information content (AvgIpc) is 3.15. The van der Waals surface area contributed by atoms with Crippen molar-refractivity contribution in [2.75, 3.05) is 29.1 Å². The largest absolute Gasteiger partial charge is 0.372 e. The lowest BCUT2D eigenvalue weighted by molar-refractivity contribution is -0.113. The number of aromatic nitrogens is 2. The summed E-state index contributed by atoms with van der Waals surface area (Å²) in [6.07, 6.45) is 4.19. The summed E-state index contributed by atoms with van der Waals surface area (Å²) >= 11 is 1.27. The van der Waals surface area contributed by atoms with Gasteiger partial charge in [-0.1, -0.05) is 11.8 Å². The van der Waals surface area contributed by atoms with Crippen LogP contribution in [0.1, 0.15) is 19.8 Å². The maximum Gasteiger partial charge on any atom is 0.273 e. The van der Waals surface area contributed by atoms with Gasteiger partial charge in [-0.25, -0.2) is 0 Å². The van der Waals surface area contributed by atoms with Gasteiger partial charge in [-0.3, -0.25) is 9.59 Å². The van der Waals surface area contributed by atoms with Gasteiger partial charge >= 0.3 is 0 Å². The first-order valence-electron chi connectivity index (χ1n) is 8.51. The number of amides is 1. The highest BCUT2D eigenvalue weighted by atomic mass is 32.2. The summed E-state index contributed by atoms with van der Waals surface area (Å²) in [6.45, 7) is 4.88. The van der Waals surface area contributed by atoms with E-state index in [0.717, 1.165) is 18.8 Å². The van der Waals surface area contributed by atoms with Crippen molar-refractivity contribution in [2.24, 2.45) is 0 Å². The fourth-order valence-electron chi connectivity index (χ4n) is 2.83. The zero-order valence-electron chi connectivity index (χ0n) is 14.3. The Morgan fingerprint density at radius 2 is 1.92 bits per heavy atom. The van der Waals surface area contributed by atoms with Crippen molar-refractivity contribution >= 4 is 29.0 Å². The number of thioether (sulfide) groups is 1. The van der Waals surface area contributed by atoms with Gasteiger partial charge in [0, 0.05) is 43.3 Å². The van der Waals surface area contributed by atoms with Gasteiger partial charge in [0.15, 0.2) is 5.16 Å². The van der Waals surface area contributed by atoms with Crippen LogP contribution in [0.5, 0.6) is 0 Å². The molecule has 0 saturated carbocycles. The maximum absolute atomic E-state index is 12.2. The van der Waals surface area contributed by atoms with Gasteiger partial charge in [-0.05, 0) is 44.0 Å². The summed E-state index contributed by atoms with van der Waals surface area (Å²) in [6, 6.07) is 9.37. The van der Waals surface area contributed by atoms with Crippen LogP contribution in [0, 0.1) is 0 Å². The third-order valence-electron chi connectivity index (χ3n) is 4.14. The summed E-state index contributed by atoms with van der Waals surface area (Å²) in [5.74, 6) is 0.101. The van der Waals surface area contributed by atoms with E-state index < -0.39 is 0 Å². The minimum Gasteiger partial charge on any atom is -0.372 e. The highest BCUT2D eigenvalue weighted by Crippen LogP contribution is 2.22. The minimum absolute atomic E-state index is 0.111. The molecule has 3 rings (SSSR count). The minimum atomic E-state index is -0.287. The Hall–Kier alpha value is -2.28. The number of nitrogens with one attached hydrogen (secondary N) is 1. The van der Waals surface area contributed by atoms with Gasteiger partial charge in [0.25, 0.3) is 5.56 Å². The predicted molar refractivity (Wildman–Crippen MR) is 101 cm³/mol. The van der Waals surface area contributed by atoms with Gasteiger partial charge in [-0.15, -0.1) is 0 Å². The molecule has 0 spiro atoms. The molecule has 0 atom stereocenters. The van der Waals surface area contributed by atoms with Crippen molar-refractivity contribution in [1.82, 2.24) is 9.55 Å². The molecule has 1 saturated heterocycles. The fraction of sp³-hybridized carbons (Fsp3) is 0.389. The number of rotatable bonds is 6. The first-order valence-corrected chi connectivity index (χ1v) is 9.49. The molecule has 6 nitrogen and oxygen atoms in total. The zero-order chi connectivity index (χ0) is 17.6. The third kappa shape index (κ3) is 4.63. The first kappa shape index (κ1) is 17.5. The number of hydrogen-bond donors (Lipinski definition) is 1. The Kier molecular flexibility index (Phi) is 5.75. The van der Waals surface area contributed by atoms with Gasteiger partial charge in [0.2, 0.25) is 5.91 Å². The molecule has 7 heteroatoms. The Morgan fingerprint density at radius 3 is 2.60 bits per heavy atom. The van der Waals surface area contributed by atoms with Crippen LogP contribution >= 0.6 is 11.8 Å². The van der Waals surface area contributed by atoms with E-state index in [-0.39, 0.29) is 17.2 Å². The average molecular weight is 358 g/mol. The maximum atomic E-state index is 12.2. The molecule has 0 aliphatic carbocycles. The van der Waals surface area contributed by atoms with E-state index in [0.29, 0.717) is 11.7 Å². The van der Waals surface area contributed by atoms with E-state index in [1.807, 2.05) is 35.8 Å². The third-order valence-corrected chi connectivity index (χ3v) is 5.13.